The SMILES string of the molecule is Cc1cc(-c2cnn(-c3ccc(I)cc3N3CCC4(CC3)CC4)c2)nc(N2CCC(F)(F)CC2)n1. The average molecular weight is 590 g/mol. The molecule has 6 rings (SSSR count). The fourth-order valence-electron chi connectivity index (χ4n) is 5.31. The first-order chi connectivity index (χ1) is 16.8. The molecular weight excluding hydrogens is 561 g/mol. The van der Waals surface area contributed by atoms with Gasteiger partial charge in [-0.2, -0.15) is 5.10 Å². The fraction of sp³-hybridized carbons (Fsp3) is 0.500. The second-order valence-corrected chi connectivity index (χ2v) is 11.6. The van der Waals surface area contributed by atoms with Crippen molar-refractivity contribution in [3.63, 3.8) is 0 Å². The second kappa shape index (κ2) is 8.67. The van der Waals surface area contributed by atoms with E-state index in [2.05, 4.69) is 50.7 Å². The van der Waals surface area contributed by atoms with Crippen LogP contribution in [0.3, 0.4) is 0 Å². The van der Waals surface area contributed by atoms with Gasteiger partial charge < -0.3 is 9.80 Å². The van der Waals surface area contributed by atoms with Crippen LogP contribution in [0.15, 0.2) is 36.7 Å². The van der Waals surface area contributed by atoms with Crippen molar-refractivity contribution < 1.29 is 8.78 Å². The van der Waals surface area contributed by atoms with Gasteiger partial charge in [0.15, 0.2) is 0 Å². The number of benzene rings is 1. The van der Waals surface area contributed by atoms with Crippen molar-refractivity contribution in [2.24, 2.45) is 5.41 Å². The highest BCUT2D eigenvalue weighted by Crippen LogP contribution is 2.54. The molecule has 3 aliphatic rings. The second-order valence-electron chi connectivity index (χ2n) is 10.3. The fourth-order valence-corrected chi connectivity index (χ4v) is 5.78. The summed E-state index contributed by atoms with van der Waals surface area (Å²) in [5.74, 6) is -2.08. The van der Waals surface area contributed by atoms with E-state index in [-0.39, 0.29) is 25.9 Å². The zero-order valence-corrected chi connectivity index (χ0v) is 22.0. The van der Waals surface area contributed by atoms with Crippen LogP contribution in [0.5, 0.6) is 0 Å². The molecule has 1 saturated carbocycles. The Labute approximate surface area is 217 Å². The molecule has 1 aromatic carbocycles. The summed E-state index contributed by atoms with van der Waals surface area (Å²) >= 11 is 2.38. The highest BCUT2D eigenvalue weighted by molar-refractivity contribution is 14.1. The number of halogens is 3. The molecule has 0 atom stereocenters. The van der Waals surface area contributed by atoms with Gasteiger partial charge in [0, 0.05) is 60.0 Å². The van der Waals surface area contributed by atoms with Crippen molar-refractivity contribution in [1.82, 2.24) is 19.7 Å². The third-order valence-electron chi connectivity index (χ3n) is 7.80. The predicted molar refractivity (Wildman–Crippen MR) is 142 cm³/mol. The van der Waals surface area contributed by atoms with E-state index in [0.29, 0.717) is 11.4 Å². The Morgan fingerprint density at radius 3 is 2.29 bits per heavy atom. The molecule has 1 aliphatic carbocycles. The number of anilines is 2. The maximum Gasteiger partial charge on any atom is 0.251 e. The molecule has 6 nitrogen and oxygen atoms in total. The van der Waals surface area contributed by atoms with Gasteiger partial charge in [-0.15, -0.1) is 0 Å². The molecule has 0 bridgehead atoms. The molecule has 2 aromatic heterocycles. The zero-order valence-electron chi connectivity index (χ0n) is 19.9. The van der Waals surface area contributed by atoms with Gasteiger partial charge in [0.2, 0.25) is 5.95 Å². The maximum atomic E-state index is 13.6. The smallest absolute Gasteiger partial charge is 0.251 e. The van der Waals surface area contributed by atoms with Crippen molar-refractivity contribution in [1.29, 1.82) is 0 Å². The van der Waals surface area contributed by atoms with Gasteiger partial charge in [0.1, 0.15) is 0 Å². The molecule has 2 saturated heterocycles. The van der Waals surface area contributed by atoms with E-state index in [0.717, 1.165) is 35.7 Å². The van der Waals surface area contributed by atoms with Crippen LogP contribution in [0, 0.1) is 15.9 Å². The van der Waals surface area contributed by atoms with E-state index >= 15 is 0 Å². The van der Waals surface area contributed by atoms with E-state index < -0.39 is 5.92 Å². The van der Waals surface area contributed by atoms with Crippen LogP contribution in [-0.4, -0.2) is 51.8 Å². The van der Waals surface area contributed by atoms with Crippen molar-refractivity contribution in [2.45, 2.75) is 51.4 Å². The number of aromatic nitrogens is 4. The largest absolute Gasteiger partial charge is 0.370 e. The molecule has 0 amide bonds. The van der Waals surface area contributed by atoms with Crippen LogP contribution in [-0.2, 0) is 0 Å². The van der Waals surface area contributed by atoms with Gasteiger partial charge in [-0.25, -0.2) is 23.4 Å². The average Bonchev–Trinajstić information content (AvgIpc) is 3.39. The monoisotopic (exact) mass is 590 g/mol. The van der Waals surface area contributed by atoms with Crippen LogP contribution < -0.4 is 9.80 Å². The number of piperidine rings is 2. The predicted octanol–water partition coefficient (Wildman–Crippen LogP) is 5.86. The van der Waals surface area contributed by atoms with Gasteiger partial charge in [-0.3, -0.25) is 0 Å². The first-order valence-corrected chi connectivity index (χ1v) is 13.5. The Balaban J connectivity index is 1.28. The Morgan fingerprint density at radius 1 is 0.857 bits per heavy atom. The summed E-state index contributed by atoms with van der Waals surface area (Å²) in [6.07, 6.45) is 8.84. The first kappa shape index (κ1) is 23.1. The minimum atomic E-state index is -2.59. The number of aryl methyl sites for hydroxylation is 1. The van der Waals surface area contributed by atoms with Crippen molar-refractivity contribution in [2.75, 3.05) is 36.0 Å². The third kappa shape index (κ3) is 4.75. The molecule has 9 heteroatoms. The Morgan fingerprint density at radius 2 is 1.57 bits per heavy atom. The Bertz CT molecular complexity index is 1230. The summed E-state index contributed by atoms with van der Waals surface area (Å²) in [5.41, 5.74) is 5.37. The highest BCUT2D eigenvalue weighted by Gasteiger charge is 2.44. The summed E-state index contributed by atoms with van der Waals surface area (Å²) in [7, 11) is 0. The van der Waals surface area contributed by atoms with Crippen LogP contribution in [0.25, 0.3) is 16.9 Å². The van der Waals surface area contributed by atoms with Crippen LogP contribution in [0.2, 0.25) is 0 Å². The molecule has 4 heterocycles. The van der Waals surface area contributed by atoms with Gasteiger partial charge in [0.05, 0.1) is 23.3 Å². The number of hydrogen-bond acceptors (Lipinski definition) is 5. The molecule has 0 unspecified atom stereocenters. The van der Waals surface area contributed by atoms with Gasteiger partial charge in [-0.1, -0.05) is 0 Å². The maximum absolute atomic E-state index is 13.6. The highest BCUT2D eigenvalue weighted by atomic mass is 127. The van der Waals surface area contributed by atoms with Gasteiger partial charge >= 0.3 is 0 Å². The molecule has 2 aliphatic heterocycles. The minimum Gasteiger partial charge on any atom is -0.370 e. The molecule has 184 valence electrons. The lowest BCUT2D eigenvalue weighted by Gasteiger charge is -2.35. The number of alkyl halides is 2. The van der Waals surface area contributed by atoms with E-state index in [9.17, 15) is 8.78 Å². The van der Waals surface area contributed by atoms with Gasteiger partial charge in [0.25, 0.3) is 5.92 Å². The normalized spacial score (nSPS) is 20.9. The Hall–Kier alpha value is -2.30. The van der Waals surface area contributed by atoms with E-state index in [1.165, 1.54) is 34.9 Å². The first-order valence-electron chi connectivity index (χ1n) is 12.4. The third-order valence-corrected chi connectivity index (χ3v) is 8.48. The van der Waals surface area contributed by atoms with Crippen molar-refractivity contribution in [3.8, 4) is 16.9 Å². The summed E-state index contributed by atoms with van der Waals surface area (Å²) in [4.78, 5) is 13.6. The molecule has 3 aromatic rings. The van der Waals surface area contributed by atoms with E-state index in [1.807, 2.05) is 35.0 Å². The topological polar surface area (TPSA) is 50.1 Å². The summed E-state index contributed by atoms with van der Waals surface area (Å²) in [6, 6.07) is 8.44. The lowest BCUT2D eigenvalue weighted by Crippen LogP contribution is -2.40. The lowest BCUT2D eigenvalue weighted by molar-refractivity contribution is -0.0222. The number of rotatable bonds is 4. The van der Waals surface area contributed by atoms with Crippen molar-refractivity contribution in [3.05, 3.63) is 45.9 Å². The van der Waals surface area contributed by atoms with Crippen molar-refractivity contribution >= 4 is 34.2 Å². The van der Waals surface area contributed by atoms with E-state index in [1.54, 1.807) is 0 Å². The summed E-state index contributed by atoms with van der Waals surface area (Å²) in [5, 5.41) is 4.69. The lowest BCUT2D eigenvalue weighted by atomic mass is 9.93. The van der Waals surface area contributed by atoms with Gasteiger partial charge in [-0.05, 0) is 84.9 Å². The molecule has 35 heavy (non-hydrogen) atoms. The molecule has 0 radical (unpaired) electrons. The Kier molecular flexibility index (Phi) is 5.73. The van der Waals surface area contributed by atoms with Crippen LogP contribution >= 0.6 is 22.6 Å². The quantitative estimate of drug-likeness (QED) is 0.357. The number of hydrogen-bond donors (Lipinski definition) is 0. The molecule has 0 N–H and O–H groups in total. The summed E-state index contributed by atoms with van der Waals surface area (Å²) < 4.78 is 30.4. The minimum absolute atomic E-state index is 0.162. The molecule has 3 fully saturated rings. The van der Waals surface area contributed by atoms with Crippen LogP contribution in [0.4, 0.5) is 20.4 Å². The standard InChI is InChI=1S/C26H29F2IN6/c1-18-14-21(32-24(31-18)34-12-8-26(27,28)9-13-34)19-16-30-35(17-19)22-3-2-20(29)15-23(22)33-10-6-25(4-5-25)7-11-33/h2-3,14-17H,4-13H2,1H3. The summed E-state index contributed by atoms with van der Waals surface area (Å²) in [6.45, 7) is 4.61. The van der Waals surface area contributed by atoms with Crippen LogP contribution in [0.1, 0.15) is 44.2 Å². The molecular formula is C26H29F2IN6. The van der Waals surface area contributed by atoms with E-state index in [4.69, 9.17) is 10.1 Å². The molecule has 1 spiro atoms. The number of nitrogens with zero attached hydrogens (tertiary/aromatic N) is 6. The zero-order chi connectivity index (χ0) is 24.2.